The van der Waals surface area contributed by atoms with Crippen molar-refractivity contribution >= 4 is 28.9 Å². The highest BCUT2D eigenvalue weighted by atomic mass is 35.5. The highest BCUT2D eigenvalue weighted by molar-refractivity contribution is 6.31. The zero-order valence-electron chi connectivity index (χ0n) is 9.17. The SMILES string of the molecule is O=C1CN(CC2CC2)c2cc(F)c(Cl)cc2N1. The summed E-state index contributed by atoms with van der Waals surface area (Å²) in [5, 5.41) is 2.76. The summed E-state index contributed by atoms with van der Waals surface area (Å²) in [5.74, 6) is 0.135. The summed E-state index contributed by atoms with van der Waals surface area (Å²) in [4.78, 5) is 13.5. The van der Waals surface area contributed by atoms with Gasteiger partial charge in [-0.05, 0) is 24.8 Å². The van der Waals surface area contributed by atoms with Gasteiger partial charge in [0.2, 0.25) is 5.91 Å². The molecular weight excluding hydrogens is 243 g/mol. The number of hydrogen-bond donors (Lipinski definition) is 1. The first kappa shape index (κ1) is 10.8. The van der Waals surface area contributed by atoms with E-state index in [9.17, 15) is 9.18 Å². The zero-order chi connectivity index (χ0) is 12.0. The molecule has 1 heterocycles. The Morgan fingerprint density at radius 3 is 2.94 bits per heavy atom. The van der Waals surface area contributed by atoms with Gasteiger partial charge in [-0.1, -0.05) is 11.6 Å². The molecule has 1 fully saturated rings. The van der Waals surface area contributed by atoms with Crippen LogP contribution < -0.4 is 10.2 Å². The second-order valence-electron chi connectivity index (χ2n) is 4.66. The molecule has 1 aromatic carbocycles. The van der Waals surface area contributed by atoms with Gasteiger partial charge in [-0.3, -0.25) is 4.79 Å². The van der Waals surface area contributed by atoms with Crippen molar-refractivity contribution in [2.24, 2.45) is 5.92 Å². The Morgan fingerprint density at radius 1 is 1.47 bits per heavy atom. The van der Waals surface area contributed by atoms with Gasteiger partial charge in [0.05, 0.1) is 22.9 Å². The van der Waals surface area contributed by atoms with E-state index in [1.54, 1.807) is 0 Å². The van der Waals surface area contributed by atoms with Crippen LogP contribution in [-0.2, 0) is 4.79 Å². The molecule has 1 N–H and O–H groups in total. The number of halogens is 2. The third-order valence-electron chi connectivity index (χ3n) is 3.16. The first-order valence-corrected chi connectivity index (χ1v) is 6.05. The Labute approximate surface area is 104 Å². The van der Waals surface area contributed by atoms with E-state index in [2.05, 4.69) is 5.32 Å². The van der Waals surface area contributed by atoms with Gasteiger partial charge in [0.1, 0.15) is 5.82 Å². The van der Waals surface area contributed by atoms with E-state index in [0.717, 1.165) is 12.2 Å². The molecule has 0 saturated heterocycles. The summed E-state index contributed by atoms with van der Waals surface area (Å²) in [6.07, 6.45) is 2.40. The predicted octanol–water partition coefficient (Wildman–Crippen LogP) is 2.65. The van der Waals surface area contributed by atoms with Crippen molar-refractivity contribution in [2.75, 3.05) is 23.3 Å². The van der Waals surface area contributed by atoms with Gasteiger partial charge >= 0.3 is 0 Å². The lowest BCUT2D eigenvalue weighted by Gasteiger charge is -2.31. The molecule has 17 heavy (non-hydrogen) atoms. The van der Waals surface area contributed by atoms with Gasteiger partial charge in [-0.2, -0.15) is 0 Å². The second-order valence-corrected chi connectivity index (χ2v) is 5.06. The van der Waals surface area contributed by atoms with Crippen LogP contribution in [0.15, 0.2) is 12.1 Å². The number of fused-ring (bicyclic) bond motifs is 1. The minimum absolute atomic E-state index is 0.0392. The number of nitrogens with zero attached hydrogens (tertiary/aromatic N) is 1. The maximum Gasteiger partial charge on any atom is 0.243 e. The Hall–Kier alpha value is -1.29. The van der Waals surface area contributed by atoms with E-state index < -0.39 is 5.82 Å². The largest absolute Gasteiger partial charge is 0.360 e. The number of nitrogens with one attached hydrogen (secondary N) is 1. The van der Waals surface area contributed by atoms with Crippen LogP contribution in [0.25, 0.3) is 0 Å². The van der Waals surface area contributed by atoms with Crippen molar-refractivity contribution in [3.8, 4) is 0 Å². The van der Waals surface area contributed by atoms with Crippen molar-refractivity contribution in [2.45, 2.75) is 12.8 Å². The molecule has 0 spiro atoms. The molecule has 3 nitrogen and oxygen atoms in total. The normalized spacial score (nSPS) is 18.9. The van der Waals surface area contributed by atoms with Crippen molar-refractivity contribution in [3.05, 3.63) is 23.0 Å². The van der Waals surface area contributed by atoms with Gasteiger partial charge in [0, 0.05) is 12.6 Å². The molecular formula is C12H12ClFN2O. The van der Waals surface area contributed by atoms with Gasteiger partial charge in [0.15, 0.2) is 0 Å². The van der Waals surface area contributed by atoms with Gasteiger partial charge in [0.25, 0.3) is 0 Å². The van der Waals surface area contributed by atoms with E-state index in [-0.39, 0.29) is 10.9 Å². The van der Waals surface area contributed by atoms with Crippen LogP contribution in [-0.4, -0.2) is 19.0 Å². The smallest absolute Gasteiger partial charge is 0.243 e. The van der Waals surface area contributed by atoms with Crippen molar-refractivity contribution in [1.29, 1.82) is 0 Å². The maximum absolute atomic E-state index is 13.5. The number of benzene rings is 1. The fourth-order valence-corrected chi connectivity index (χ4v) is 2.29. The number of carbonyl (C=O) groups excluding carboxylic acids is 1. The van der Waals surface area contributed by atoms with Crippen molar-refractivity contribution in [3.63, 3.8) is 0 Å². The molecule has 3 rings (SSSR count). The number of anilines is 2. The fourth-order valence-electron chi connectivity index (χ4n) is 2.12. The molecule has 0 radical (unpaired) electrons. The molecule has 2 aliphatic rings. The second kappa shape index (κ2) is 3.88. The average molecular weight is 255 g/mol. The number of carbonyl (C=O) groups is 1. The topological polar surface area (TPSA) is 32.3 Å². The summed E-state index contributed by atoms with van der Waals surface area (Å²) in [6.45, 7) is 1.12. The average Bonchev–Trinajstić information content (AvgIpc) is 3.05. The minimum Gasteiger partial charge on any atom is -0.360 e. The maximum atomic E-state index is 13.5. The Bertz CT molecular complexity index is 488. The van der Waals surface area contributed by atoms with Gasteiger partial charge in [-0.25, -0.2) is 4.39 Å². The van der Waals surface area contributed by atoms with E-state index in [0.29, 0.717) is 18.2 Å². The van der Waals surface area contributed by atoms with E-state index in [1.807, 2.05) is 4.90 Å². The van der Waals surface area contributed by atoms with Crippen LogP contribution in [0.1, 0.15) is 12.8 Å². The standard InChI is InChI=1S/C12H12ClFN2O/c13-8-3-10-11(4-9(8)14)16(5-7-1-2-7)6-12(17)15-10/h3-4,7H,1-2,5-6H2,(H,15,17). The first-order chi connectivity index (χ1) is 8.13. The van der Waals surface area contributed by atoms with Crippen molar-refractivity contribution < 1.29 is 9.18 Å². The van der Waals surface area contributed by atoms with Crippen molar-refractivity contribution in [1.82, 2.24) is 0 Å². The first-order valence-electron chi connectivity index (χ1n) is 5.67. The number of amides is 1. The minimum atomic E-state index is -0.442. The Morgan fingerprint density at radius 2 is 2.24 bits per heavy atom. The molecule has 1 saturated carbocycles. The molecule has 1 aliphatic heterocycles. The summed E-state index contributed by atoms with van der Waals surface area (Å²) < 4.78 is 13.5. The molecule has 0 bridgehead atoms. The predicted molar refractivity (Wildman–Crippen MR) is 65.0 cm³/mol. The summed E-state index contributed by atoms with van der Waals surface area (Å²) >= 11 is 5.71. The molecule has 1 aliphatic carbocycles. The van der Waals surface area contributed by atoms with Gasteiger partial charge in [-0.15, -0.1) is 0 Å². The zero-order valence-corrected chi connectivity index (χ0v) is 9.93. The van der Waals surface area contributed by atoms with Crippen LogP contribution in [0.3, 0.4) is 0 Å². The van der Waals surface area contributed by atoms with E-state index in [4.69, 9.17) is 11.6 Å². The third kappa shape index (κ3) is 2.09. The molecule has 1 aromatic rings. The van der Waals surface area contributed by atoms with E-state index >= 15 is 0 Å². The molecule has 1 amide bonds. The number of hydrogen-bond acceptors (Lipinski definition) is 2. The third-order valence-corrected chi connectivity index (χ3v) is 3.45. The summed E-state index contributed by atoms with van der Waals surface area (Å²) in [6, 6.07) is 2.88. The lowest BCUT2D eigenvalue weighted by atomic mass is 10.1. The quantitative estimate of drug-likeness (QED) is 0.880. The lowest BCUT2D eigenvalue weighted by Crippen LogP contribution is -2.39. The fraction of sp³-hybridized carbons (Fsp3) is 0.417. The summed E-state index contributed by atoms with van der Waals surface area (Å²) in [5.41, 5.74) is 1.34. The monoisotopic (exact) mass is 254 g/mol. The molecule has 0 atom stereocenters. The molecule has 0 aromatic heterocycles. The molecule has 5 heteroatoms. The van der Waals surface area contributed by atoms with Crippen LogP contribution in [0.2, 0.25) is 5.02 Å². The number of rotatable bonds is 2. The van der Waals surface area contributed by atoms with Crippen LogP contribution >= 0.6 is 11.6 Å². The Balaban J connectivity index is 1.98. The Kier molecular flexibility index (Phi) is 2.47. The summed E-state index contributed by atoms with van der Waals surface area (Å²) in [7, 11) is 0. The van der Waals surface area contributed by atoms with Crippen LogP contribution in [0, 0.1) is 11.7 Å². The van der Waals surface area contributed by atoms with Gasteiger partial charge < -0.3 is 10.2 Å². The van der Waals surface area contributed by atoms with Crippen LogP contribution in [0.5, 0.6) is 0 Å². The lowest BCUT2D eigenvalue weighted by molar-refractivity contribution is -0.115. The van der Waals surface area contributed by atoms with E-state index in [1.165, 1.54) is 25.0 Å². The highest BCUT2D eigenvalue weighted by Gasteiger charge is 2.29. The molecule has 0 unspecified atom stereocenters. The van der Waals surface area contributed by atoms with Crippen LogP contribution in [0.4, 0.5) is 15.8 Å². The molecule has 90 valence electrons. The highest BCUT2D eigenvalue weighted by Crippen LogP contribution is 2.37.